The van der Waals surface area contributed by atoms with Gasteiger partial charge in [-0.3, -0.25) is 0 Å². The fraction of sp³-hybridized carbons (Fsp3) is 0.500. The van der Waals surface area contributed by atoms with Crippen LogP contribution in [0.2, 0.25) is 0 Å². The molecule has 0 spiro atoms. The first-order valence-corrected chi connectivity index (χ1v) is 4.98. The molecule has 0 unspecified atom stereocenters. The van der Waals surface area contributed by atoms with Crippen LogP contribution in [0.5, 0.6) is 0 Å². The van der Waals surface area contributed by atoms with Crippen molar-refractivity contribution in [3.8, 4) is 0 Å². The molecule has 0 saturated carbocycles. The normalized spacial score (nSPS) is 11.9. The summed E-state index contributed by atoms with van der Waals surface area (Å²) in [5.41, 5.74) is 3.61. The Morgan fingerprint density at radius 2 is 1.85 bits per heavy atom. The van der Waals surface area contributed by atoms with Gasteiger partial charge in [0.05, 0.1) is 0 Å². The smallest absolute Gasteiger partial charge is 0.0398 e. The lowest BCUT2D eigenvalue weighted by molar-refractivity contribution is 0.828. The highest BCUT2D eigenvalue weighted by atomic mass is 14.9. The molecule has 0 atom stereocenters. The van der Waals surface area contributed by atoms with Crippen LogP contribution in [0.4, 0.5) is 0 Å². The number of nitrogens with one attached hydrogen (secondary N) is 1. The quantitative estimate of drug-likeness (QED) is 0.616. The van der Waals surface area contributed by atoms with E-state index in [1.807, 2.05) is 6.08 Å². The van der Waals surface area contributed by atoms with E-state index in [4.69, 9.17) is 0 Å². The van der Waals surface area contributed by atoms with Crippen LogP contribution in [0.1, 0.15) is 33.6 Å². The van der Waals surface area contributed by atoms with Crippen molar-refractivity contribution in [1.29, 1.82) is 0 Å². The fourth-order valence-corrected chi connectivity index (χ4v) is 1.24. The molecule has 0 rings (SSSR count). The van der Waals surface area contributed by atoms with E-state index in [0.717, 1.165) is 19.4 Å². The predicted octanol–water partition coefficient (Wildman–Crippen LogP) is 3.41. The van der Waals surface area contributed by atoms with E-state index in [1.165, 1.54) is 16.8 Å². The summed E-state index contributed by atoms with van der Waals surface area (Å²) in [5, 5.41) is 3.34. The van der Waals surface area contributed by atoms with E-state index < -0.39 is 0 Å². The van der Waals surface area contributed by atoms with Gasteiger partial charge < -0.3 is 5.32 Å². The van der Waals surface area contributed by atoms with Gasteiger partial charge in [0.15, 0.2) is 0 Å². The third-order valence-corrected chi connectivity index (χ3v) is 2.08. The number of hydrogen-bond donors (Lipinski definition) is 1. The molecule has 0 aliphatic rings. The summed E-state index contributed by atoms with van der Waals surface area (Å²) in [6, 6.07) is 0. The maximum atomic E-state index is 4.04. The molecular formula is C12H21N. The van der Waals surface area contributed by atoms with E-state index in [9.17, 15) is 0 Å². The number of hydrogen-bond acceptors (Lipinski definition) is 1. The van der Waals surface area contributed by atoms with Crippen molar-refractivity contribution < 1.29 is 0 Å². The van der Waals surface area contributed by atoms with E-state index in [-0.39, 0.29) is 0 Å². The Bertz CT molecular complexity index is 211. The van der Waals surface area contributed by atoms with Gasteiger partial charge in [0.1, 0.15) is 0 Å². The average molecular weight is 179 g/mol. The molecule has 0 fully saturated rings. The first-order chi connectivity index (χ1) is 6.21. The maximum absolute atomic E-state index is 4.04. The van der Waals surface area contributed by atoms with Crippen LogP contribution < -0.4 is 5.32 Å². The molecule has 1 N–H and O–H groups in total. The first kappa shape index (κ1) is 12.0. The molecule has 0 radical (unpaired) electrons. The standard InChI is InChI=1S/C12H21N/c1-6-10(5)12(13-9-4)11(7-2)8-3/h7,13H,2,5-6,8-9H2,1,3-4H3/b12-11-. The summed E-state index contributed by atoms with van der Waals surface area (Å²) in [4.78, 5) is 0. The third kappa shape index (κ3) is 3.49. The lowest BCUT2D eigenvalue weighted by atomic mass is 10.0. The molecule has 0 heterocycles. The zero-order chi connectivity index (χ0) is 10.3. The lowest BCUT2D eigenvalue weighted by Gasteiger charge is -2.14. The second-order valence-electron chi connectivity index (χ2n) is 2.95. The van der Waals surface area contributed by atoms with Crippen molar-refractivity contribution in [2.75, 3.05) is 6.54 Å². The number of likely N-dealkylation sites (N-methyl/N-ethyl adjacent to an activating group) is 1. The van der Waals surface area contributed by atoms with Crippen LogP contribution in [0, 0.1) is 0 Å². The van der Waals surface area contributed by atoms with Gasteiger partial charge >= 0.3 is 0 Å². The molecule has 0 aliphatic carbocycles. The minimum Gasteiger partial charge on any atom is -0.385 e. The Hall–Kier alpha value is -0.980. The third-order valence-electron chi connectivity index (χ3n) is 2.08. The van der Waals surface area contributed by atoms with Crippen molar-refractivity contribution >= 4 is 0 Å². The zero-order valence-electron chi connectivity index (χ0n) is 9.11. The van der Waals surface area contributed by atoms with Crippen LogP contribution in [0.25, 0.3) is 0 Å². The van der Waals surface area contributed by atoms with Crippen LogP contribution in [0.3, 0.4) is 0 Å². The fourth-order valence-electron chi connectivity index (χ4n) is 1.24. The molecular weight excluding hydrogens is 158 g/mol. The second-order valence-corrected chi connectivity index (χ2v) is 2.95. The molecule has 1 heteroatoms. The van der Waals surface area contributed by atoms with Gasteiger partial charge in [0.25, 0.3) is 0 Å². The Morgan fingerprint density at radius 1 is 1.23 bits per heavy atom. The Kier molecular flexibility index (Phi) is 6.03. The van der Waals surface area contributed by atoms with Crippen LogP contribution in [-0.4, -0.2) is 6.54 Å². The monoisotopic (exact) mass is 179 g/mol. The summed E-state index contributed by atoms with van der Waals surface area (Å²) >= 11 is 0. The molecule has 0 saturated heterocycles. The Labute approximate surface area is 82.2 Å². The summed E-state index contributed by atoms with van der Waals surface area (Å²) < 4.78 is 0. The molecule has 0 aliphatic heterocycles. The summed E-state index contributed by atoms with van der Waals surface area (Å²) in [6.45, 7) is 15.1. The highest BCUT2D eigenvalue weighted by Gasteiger charge is 2.03. The molecule has 0 bridgehead atoms. The molecule has 0 aromatic rings. The van der Waals surface area contributed by atoms with Crippen molar-refractivity contribution in [1.82, 2.24) is 5.32 Å². The van der Waals surface area contributed by atoms with Gasteiger partial charge in [-0.1, -0.05) is 33.1 Å². The van der Waals surface area contributed by atoms with E-state index in [1.54, 1.807) is 0 Å². The van der Waals surface area contributed by atoms with Gasteiger partial charge in [0.2, 0.25) is 0 Å². The molecule has 74 valence electrons. The zero-order valence-corrected chi connectivity index (χ0v) is 9.11. The SMILES string of the molecule is C=C/C(CC)=C(/NCC)C(=C)CC. The minimum absolute atomic E-state index is 0.936. The molecule has 0 aromatic heterocycles. The average Bonchev–Trinajstić information content (AvgIpc) is 2.17. The van der Waals surface area contributed by atoms with Crippen LogP contribution in [0.15, 0.2) is 36.1 Å². The van der Waals surface area contributed by atoms with Gasteiger partial charge in [-0.2, -0.15) is 0 Å². The highest BCUT2D eigenvalue weighted by Crippen LogP contribution is 2.16. The number of allylic oxidation sites excluding steroid dienone is 3. The molecule has 0 amide bonds. The van der Waals surface area contributed by atoms with Crippen molar-refractivity contribution in [2.24, 2.45) is 0 Å². The van der Waals surface area contributed by atoms with Crippen LogP contribution >= 0.6 is 0 Å². The van der Waals surface area contributed by atoms with E-state index in [2.05, 4.69) is 39.2 Å². The highest BCUT2D eigenvalue weighted by molar-refractivity contribution is 5.36. The predicted molar refractivity (Wildman–Crippen MR) is 60.6 cm³/mol. The van der Waals surface area contributed by atoms with Crippen LogP contribution in [-0.2, 0) is 0 Å². The minimum atomic E-state index is 0.936. The Balaban J connectivity index is 4.83. The van der Waals surface area contributed by atoms with Gasteiger partial charge in [-0.05, 0) is 30.9 Å². The van der Waals surface area contributed by atoms with Gasteiger partial charge in [-0.15, -0.1) is 0 Å². The second kappa shape index (κ2) is 6.53. The Morgan fingerprint density at radius 3 is 2.15 bits per heavy atom. The summed E-state index contributed by atoms with van der Waals surface area (Å²) in [6.07, 6.45) is 3.91. The van der Waals surface area contributed by atoms with E-state index >= 15 is 0 Å². The van der Waals surface area contributed by atoms with Gasteiger partial charge in [0, 0.05) is 12.2 Å². The van der Waals surface area contributed by atoms with E-state index in [0.29, 0.717) is 0 Å². The van der Waals surface area contributed by atoms with Gasteiger partial charge in [-0.25, -0.2) is 0 Å². The maximum Gasteiger partial charge on any atom is 0.0398 e. The van der Waals surface area contributed by atoms with Crippen molar-refractivity contribution in [3.05, 3.63) is 36.1 Å². The lowest BCUT2D eigenvalue weighted by Crippen LogP contribution is -2.15. The van der Waals surface area contributed by atoms with Crippen molar-refractivity contribution in [3.63, 3.8) is 0 Å². The summed E-state index contributed by atoms with van der Waals surface area (Å²) in [5.74, 6) is 0. The molecule has 1 nitrogen and oxygen atoms in total. The molecule has 0 aromatic carbocycles. The molecule has 13 heavy (non-hydrogen) atoms. The first-order valence-electron chi connectivity index (χ1n) is 4.98. The number of rotatable bonds is 6. The van der Waals surface area contributed by atoms with Crippen molar-refractivity contribution in [2.45, 2.75) is 33.6 Å². The summed E-state index contributed by atoms with van der Waals surface area (Å²) in [7, 11) is 0. The largest absolute Gasteiger partial charge is 0.385 e. The topological polar surface area (TPSA) is 12.0 Å².